The minimum Gasteiger partial charge on any atom is -0.373 e. The van der Waals surface area contributed by atoms with Crippen molar-refractivity contribution in [2.75, 3.05) is 31.3 Å². The van der Waals surface area contributed by atoms with E-state index in [2.05, 4.69) is 36.6 Å². The Morgan fingerprint density at radius 3 is 2.82 bits per heavy atom. The highest BCUT2D eigenvalue weighted by molar-refractivity contribution is 5.43. The molecule has 0 radical (unpaired) electrons. The molecule has 0 saturated carbocycles. The quantitative estimate of drug-likeness (QED) is 0.882. The van der Waals surface area contributed by atoms with E-state index >= 15 is 0 Å². The molecule has 1 aliphatic heterocycles. The maximum atomic E-state index is 4.61. The largest absolute Gasteiger partial charge is 0.373 e. The minimum absolute atomic E-state index is 0.360. The molecule has 1 saturated heterocycles. The lowest BCUT2D eigenvalue weighted by molar-refractivity contribution is 0.0787. The van der Waals surface area contributed by atoms with Crippen LogP contribution >= 0.6 is 0 Å². The number of aromatic nitrogens is 3. The topological polar surface area (TPSA) is 66.0 Å². The zero-order valence-electron chi connectivity index (χ0n) is 13.3. The van der Waals surface area contributed by atoms with Crippen molar-refractivity contribution in [3.05, 3.63) is 41.5 Å². The van der Waals surface area contributed by atoms with Crippen molar-refractivity contribution in [2.24, 2.45) is 0 Å². The first-order valence-corrected chi connectivity index (χ1v) is 7.60. The van der Waals surface area contributed by atoms with Gasteiger partial charge in [0.1, 0.15) is 17.5 Å². The van der Waals surface area contributed by atoms with Gasteiger partial charge in [-0.3, -0.25) is 4.90 Å². The van der Waals surface area contributed by atoms with Gasteiger partial charge in [-0.05, 0) is 19.4 Å². The lowest BCUT2D eigenvalue weighted by Gasteiger charge is -2.41. The normalized spacial score (nSPS) is 17.9. The van der Waals surface area contributed by atoms with Gasteiger partial charge in [0.05, 0.1) is 11.7 Å². The van der Waals surface area contributed by atoms with Crippen LogP contribution in [0, 0.1) is 6.92 Å². The van der Waals surface area contributed by atoms with Crippen LogP contribution in [0.3, 0.4) is 0 Å². The molecule has 0 amide bonds. The van der Waals surface area contributed by atoms with Crippen molar-refractivity contribution in [3.8, 4) is 0 Å². The van der Waals surface area contributed by atoms with E-state index in [1.807, 2.05) is 39.3 Å². The standard InChI is InChI=1S/C16H22N6/c1-11-20-13(9-15(17-2)21-11)14-6-8-22(14)10-12-5-4-7-19-16(12)18-3/h4-5,7,9,14H,6,8,10H2,1-3H3,(H,18,19)(H,17,20,21). The molecule has 3 rings (SSSR count). The molecule has 2 aromatic rings. The van der Waals surface area contributed by atoms with Crippen LogP contribution in [0.4, 0.5) is 11.6 Å². The van der Waals surface area contributed by atoms with Gasteiger partial charge in [-0.15, -0.1) is 0 Å². The van der Waals surface area contributed by atoms with Crippen LogP contribution in [0.5, 0.6) is 0 Å². The van der Waals surface area contributed by atoms with Crippen molar-refractivity contribution in [1.82, 2.24) is 19.9 Å². The SMILES string of the molecule is CNc1cc(C2CCN2Cc2cccnc2NC)nc(C)n1. The second-order valence-electron chi connectivity index (χ2n) is 5.51. The summed E-state index contributed by atoms with van der Waals surface area (Å²) in [6, 6.07) is 6.52. The molecule has 2 N–H and O–H groups in total. The van der Waals surface area contributed by atoms with E-state index in [4.69, 9.17) is 0 Å². The molecule has 1 unspecified atom stereocenters. The molecule has 0 aromatic carbocycles. The van der Waals surface area contributed by atoms with Gasteiger partial charge >= 0.3 is 0 Å². The summed E-state index contributed by atoms with van der Waals surface area (Å²) in [6.45, 7) is 3.90. The second-order valence-corrected chi connectivity index (χ2v) is 5.51. The molecule has 6 nitrogen and oxygen atoms in total. The van der Waals surface area contributed by atoms with Crippen molar-refractivity contribution in [1.29, 1.82) is 0 Å². The molecule has 22 heavy (non-hydrogen) atoms. The summed E-state index contributed by atoms with van der Waals surface area (Å²) in [6.07, 6.45) is 2.95. The monoisotopic (exact) mass is 298 g/mol. The van der Waals surface area contributed by atoms with Crippen LogP contribution < -0.4 is 10.6 Å². The van der Waals surface area contributed by atoms with Crippen LogP contribution in [-0.2, 0) is 6.54 Å². The predicted molar refractivity (Wildman–Crippen MR) is 87.9 cm³/mol. The highest BCUT2D eigenvalue weighted by Gasteiger charge is 2.31. The molecular weight excluding hydrogens is 276 g/mol. The summed E-state index contributed by atoms with van der Waals surface area (Å²) in [5.74, 6) is 2.64. The number of aryl methyl sites for hydroxylation is 1. The number of likely N-dealkylation sites (tertiary alicyclic amines) is 1. The average molecular weight is 298 g/mol. The van der Waals surface area contributed by atoms with E-state index in [1.54, 1.807) is 0 Å². The highest BCUT2D eigenvalue weighted by Crippen LogP contribution is 2.34. The van der Waals surface area contributed by atoms with Gasteiger partial charge in [-0.25, -0.2) is 15.0 Å². The van der Waals surface area contributed by atoms with Gasteiger partial charge in [0.25, 0.3) is 0 Å². The van der Waals surface area contributed by atoms with Gasteiger partial charge < -0.3 is 10.6 Å². The van der Waals surface area contributed by atoms with Crippen molar-refractivity contribution < 1.29 is 0 Å². The lowest BCUT2D eigenvalue weighted by Crippen LogP contribution is -2.41. The number of anilines is 2. The van der Waals surface area contributed by atoms with Crippen molar-refractivity contribution in [2.45, 2.75) is 25.9 Å². The highest BCUT2D eigenvalue weighted by atomic mass is 15.2. The smallest absolute Gasteiger partial charge is 0.130 e. The van der Waals surface area contributed by atoms with Gasteiger partial charge in [0.2, 0.25) is 0 Å². The zero-order valence-corrected chi connectivity index (χ0v) is 13.3. The summed E-state index contributed by atoms with van der Waals surface area (Å²) in [7, 11) is 3.80. The van der Waals surface area contributed by atoms with Crippen LogP contribution in [0.1, 0.15) is 29.5 Å². The fourth-order valence-electron chi connectivity index (χ4n) is 2.86. The van der Waals surface area contributed by atoms with E-state index in [0.717, 1.165) is 42.7 Å². The van der Waals surface area contributed by atoms with E-state index in [-0.39, 0.29) is 0 Å². The molecule has 0 bridgehead atoms. The van der Waals surface area contributed by atoms with Crippen LogP contribution in [0.2, 0.25) is 0 Å². The molecule has 116 valence electrons. The third-order valence-corrected chi connectivity index (χ3v) is 4.09. The van der Waals surface area contributed by atoms with E-state index in [0.29, 0.717) is 6.04 Å². The fraction of sp³-hybridized carbons (Fsp3) is 0.438. The van der Waals surface area contributed by atoms with Gasteiger partial charge in [0, 0.05) is 45.0 Å². The number of pyridine rings is 1. The third-order valence-electron chi connectivity index (χ3n) is 4.09. The number of hydrogen-bond acceptors (Lipinski definition) is 6. The summed E-state index contributed by atoms with van der Waals surface area (Å²) in [4.78, 5) is 15.8. The maximum absolute atomic E-state index is 4.61. The number of nitrogens with one attached hydrogen (secondary N) is 2. The van der Waals surface area contributed by atoms with E-state index < -0.39 is 0 Å². The van der Waals surface area contributed by atoms with Crippen molar-refractivity contribution >= 4 is 11.6 Å². The summed E-state index contributed by atoms with van der Waals surface area (Å²) >= 11 is 0. The fourth-order valence-corrected chi connectivity index (χ4v) is 2.86. The van der Waals surface area contributed by atoms with Crippen LogP contribution in [-0.4, -0.2) is 40.5 Å². The molecule has 1 atom stereocenters. The Bertz CT molecular complexity index is 657. The molecule has 0 aliphatic carbocycles. The number of nitrogens with zero attached hydrogens (tertiary/aromatic N) is 4. The molecule has 1 aliphatic rings. The molecule has 3 heterocycles. The van der Waals surface area contributed by atoms with E-state index in [9.17, 15) is 0 Å². The molecular formula is C16H22N6. The molecule has 6 heteroatoms. The number of hydrogen-bond donors (Lipinski definition) is 2. The van der Waals surface area contributed by atoms with Crippen LogP contribution in [0.25, 0.3) is 0 Å². The number of rotatable bonds is 5. The summed E-state index contributed by atoms with van der Waals surface area (Å²) in [5, 5.41) is 6.26. The Morgan fingerprint density at radius 2 is 2.14 bits per heavy atom. The Labute approximate surface area is 131 Å². The average Bonchev–Trinajstić information content (AvgIpc) is 2.51. The first-order valence-electron chi connectivity index (χ1n) is 7.60. The summed E-state index contributed by atoms with van der Waals surface area (Å²) in [5.41, 5.74) is 2.31. The first kappa shape index (κ1) is 14.7. The zero-order chi connectivity index (χ0) is 15.5. The third kappa shape index (κ3) is 2.87. The Morgan fingerprint density at radius 1 is 1.27 bits per heavy atom. The Balaban J connectivity index is 1.78. The molecule has 1 fully saturated rings. The van der Waals surface area contributed by atoms with E-state index in [1.165, 1.54) is 5.56 Å². The second kappa shape index (κ2) is 6.27. The molecule has 2 aromatic heterocycles. The van der Waals surface area contributed by atoms with Gasteiger partial charge in [-0.1, -0.05) is 6.07 Å². The molecule has 0 spiro atoms. The predicted octanol–water partition coefficient (Wildman–Crippen LogP) is 2.21. The Kier molecular flexibility index (Phi) is 4.20. The first-order chi connectivity index (χ1) is 10.7. The Hall–Kier alpha value is -2.21. The maximum Gasteiger partial charge on any atom is 0.130 e. The van der Waals surface area contributed by atoms with Gasteiger partial charge in [-0.2, -0.15) is 0 Å². The van der Waals surface area contributed by atoms with Crippen LogP contribution in [0.15, 0.2) is 24.4 Å². The summed E-state index contributed by atoms with van der Waals surface area (Å²) < 4.78 is 0. The lowest BCUT2D eigenvalue weighted by atomic mass is 9.98. The minimum atomic E-state index is 0.360. The van der Waals surface area contributed by atoms with Crippen molar-refractivity contribution in [3.63, 3.8) is 0 Å². The van der Waals surface area contributed by atoms with Gasteiger partial charge in [0.15, 0.2) is 0 Å².